The van der Waals surface area contributed by atoms with E-state index in [-0.39, 0.29) is 5.82 Å². The largest absolute Gasteiger partial charge is 0.456 e. The van der Waals surface area contributed by atoms with Crippen LogP contribution in [0.5, 0.6) is 0 Å². The number of furan rings is 1. The van der Waals surface area contributed by atoms with Crippen LogP contribution >= 0.6 is 11.6 Å². The van der Waals surface area contributed by atoms with Crippen molar-refractivity contribution >= 4 is 22.6 Å². The van der Waals surface area contributed by atoms with Crippen molar-refractivity contribution in [2.75, 3.05) is 0 Å². The minimum absolute atomic E-state index is 0.328. The van der Waals surface area contributed by atoms with Gasteiger partial charge in [0.05, 0.1) is 5.02 Å². The quantitative estimate of drug-likeness (QED) is 0.747. The van der Waals surface area contributed by atoms with Crippen LogP contribution in [-0.2, 0) is 0 Å². The van der Waals surface area contributed by atoms with Gasteiger partial charge in [-0.1, -0.05) is 29.8 Å². The molecular weight excluding hydrogens is 279 g/mol. The molecule has 1 N–H and O–H groups in total. The van der Waals surface area contributed by atoms with Crippen molar-refractivity contribution < 1.29 is 13.9 Å². The zero-order chi connectivity index (χ0) is 14.3. The molecule has 0 aliphatic heterocycles. The monoisotopic (exact) mass is 290 g/mol. The smallest absolute Gasteiger partial charge is 0.153 e. The summed E-state index contributed by atoms with van der Waals surface area (Å²) in [5.74, 6) is 0.0638. The summed E-state index contributed by atoms with van der Waals surface area (Å²) in [6.07, 6.45) is -0.945. The van der Waals surface area contributed by atoms with E-state index in [4.69, 9.17) is 16.0 Å². The number of hydrogen-bond donors (Lipinski definition) is 1. The third-order valence-electron chi connectivity index (χ3n) is 3.31. The van der Waals surface area contributed by atoms with Crippen LogP contribution in [0.3, 0.4) is 0 Å². The van der Waals surface area contributed by atoms with Crippen LogP contribution in [0.1, 0.15) is 23.0 Å². The lowest BCUT2D eigenvalue weighted by Crippen LogP contribution is -2.01. The highest BCUT2D eigenvalue weighted by Crippen LogP contribution is 2.32. The Morgan fingerprint density at radius 3 is 2.70 bits per heavy atom. The number of hydrogen-bond acceptors (Lipinski definition) is 2. The number of aliphatic hydroxyl groups excluding tert-OH is 1. The summed E-state index contributed by atoms with van der Waals surface area (Å²) in [6.45, 7) is 1.75. The molecule has 1 aromatic heterocycles. The molecule has 0 fully saturated rings. The van der Waals surface area contributed by atoms with Gasteiger partial charge in [-0.2, -0.15) is 0 Å². The average molecular weight is 291 g/mol. The number of fused-ring (bicyclic) bond motifs is 1. The van der Waals surface area contributed by atoms with Gasteiger partial charge in [-0.15, -0.1) is 0 Å². The molecule has 0 saturated heterocycles. The van der Waals surface area contributed by atoms with E-state index in [1.165, 1.54) is 12.1 Å². The number of aryl methyl sites for hydroxylation is 1. The first-order valence-electron chi connectivity index (χ1n) is 6.18. The first-order valence-corrected chi connectivity index (χ1v) is 6.56. The van der Waals surface area contributed by atoms with Gasteiger partial charge in [-0.05, 0) is 42.3 Å². The Bertz CT molecular complexity index is 779. The Morgan fingerprint density at radius 1 is 1.20 bits per heavy atom. The van der Waals surface area contributed by atoms with Gasteiger partial charge in [0.15, 0.2) is 5.58 Å². The topological polar surface area (TPSA) is 33.4 Å². The molecule has 0 radical (unpaired) electrons. The maximum atomic E-state index is 13.1. The van der Waals surface area contributed by atoms with Crippen molar-refractivity contribution in [1.82, 2.24) is 0 Å². The minimum Gasteiger partial charge on any atom is -0.456 e. The fourth-order valence-corrected chi connectivity index (χ4v) is 2.50. The molecule has 1 atom stereocenters. The second kappa shape index (κ2) is 4.93. The van der Waals surface area contributed by atoms with Crippen LogP contribution in [0.15, 0.2) is 46.9 Å². The summed E-state index contributed by atoms with van der Waals surface area (Å²) >= 11 is 6.05. The highest BCUT2D eigenvalue weighted by Gasteiger charge is 2.18. The Morgan fingerprint density at radius 2 is 2.00 bits per heavy atom. The average Bonchev–Trinajstić information content (AvgIpc) is 2.83. The normalized spacial score (nSPS) is 12.8. The molecular formula is C16H12ClFO2. The Labute approximate surface area is 120 Å². The van der Waals surface area contributed by atoms with Crippen molar-refractivity contribution in [3.05, 3.63) is 70.2 Å². The summed E-state index contributed by atoms with van der Waals surface area (Å²) in [4.78, 5) is 0. The van der Waals surface area contributed by atoms with Gasteiger partial charge in [0.1, 0.15) is 17.7 Å². The summed E-state index contributed by atoms with van der Waals surface area (Å²) in [5, 5.41) is 11.7. The molecule has 20 heavy (non-hydrogen) atoms. The van der Waals surface area contributed by atoms with Crippen molar-refractivity contribution in [2.24, 2.45) is 0 Å². The first-order chi connectivity index (χ1) is 9.56. The molecule has 3 rings (SSSR count). The zero-order valence-electron chi connectivity index (χ0n) is 10.7. The van der Waals surface area contributed by atoms with Gasteiger partial charge in [-0.25, -0.2) is 4.39 Å². The van der Waals surface area contributed by atoms with E-state index in [1.54, 1.807) is 25.1 Å². The molecule has 2 aromatic carbocycles. The van der Waals surface area contributed by atoms with Crippen molar-refractivity contribution in [2.45, 2.75) is 13.0 Å². The fourth-order valence-electron chi connectivity index (χ4n) is 2.28. The second-order valence-corrected chi connectivity index (χ2v) is 5.12. The lowest BCUT2D eigenvalue weighted by molar-refractivity contribution is 0.191. The SMILES string of the molecule is Cc1cc(F)ccc1C(O)c1cc2cccc(Cl)c2o1. The summed E-state index contributed by atoms with van der Waals surface area (Å²) < 4.78 is 18.7. The molecule has 0 aliphatic carbocycles. The van der Waals surface area contributed by atoms with Gasteiger partial charge in [0.2, 0.25) is 0 Å². The van der Waals surface area contributed by atoms with E-state index in [0.29, 0.717) is 27.5 Å². The van der Waals surface area contributed by atoms with E-state index >= 15 is 0 Å². The predicted octanol–water partition coefficient (Wildman–Crippen LogP) is 4.62. The lowest BCUT2D eigenvalue weighted by atomic mass is 10.0. The number of aliphatic hydroxyl groups is 1. The number of para-hydroxylation sites is 1. The molecule has 0 spiro atoms. The van der Waals surface area contributed by atoms with Gasteiger partial charge in [0.25, 0.3) is 0 Å². The summed E-state index contributed by atoms with van der Waals surface area (Å²) in [7, 11) is 0. The molecule has 0 bridgehead atoms. The molecule has 0 aliphatic rings. The van der Waals surface area contributed by atoms with Gasteiger partial charge < -0.3 is 9.52 Å². The minimum atomic E-state index is -0.945. The maximum absolute atomic E-state index is 13.1. The lowest BCUT2D eigenvalue weighted by Gasteiger charge is -2.11. The van der Waals surface area contributed by atoms with E-state index in [0.717, 1.165) is 5.39 Å². The van der Waals surface area contributed by atoms with Crippen LogP contribution < -0.4 is 0 Å². The van der Waals surface area contributed by atoms with E-state index < -0.39 is 6.10 Å². The molecule has 3 aromatic rings. The zero-order valence-corrected chi connectivity index (χ0v) is 11.5. The van der Waals surface area contributed by atoms with Gasteiger partial charge in [0, 0.05) is 5.39 Å². The molecule has 4 heteroatoms. The molecule has 0 amide bonds. The third-order valence-corrected chi connectivity index (χ3v) is 3.61. The predicted molar refractivity (Wildman–Crippen MR) is 76.4 cm³/mol. The van der Waals surface area contributed by atoms with Gasteiger partial charge >= 0.3 is 0 Å². The molecule has 102 valence electrons. The third kappa shape index (κ3) is 2.19. The highest BCUT2D eigenvalue weighted by atomic mass is 35.5. The van der Waals surface area contributed by atoms with E-state index in [1.807, 2.05) is 12.1 Å². The Kier molecular flexibility index (Phi) is 3.24. The Hall–Kier alpha value is -1.84. The van der Waals surface area contributed by atoms with E-state index in [2.05, 4.69) is 0 Å². The fraction of sp³-hybridized carbons (Fsp3) is 0.125. The molecule has 0 saturated carbocycles. The summed E-state index contributed by atoms with van der Waals surface area (Å²) in [6, 6.07) is 11.4. The number of benzene rings is 2. The summed E-state index contributed by atoms with van der Waals surface area (Å²) in [5.41, 5.74) is 1.83. The van der Waals surface area contributed by atoms with Crippen molar-refractivity contribution in [1.29, 1.82) is 0 Å². The standard InChI is InChI=1S/C16H12ClFO2/c1-9-7-11(18)5-6-12(9)15(19)14-8-10-3-2-4-13(17)16(10)20-14/h2-8,15,19H,1H3. The number of rotatable bonds is 2. The maximum Gasteiger partial charge on any atom is 0.153 e. The number of halogens is 2. The second-order valence-electron chi connectivity index (χ2n) is 4.71. The van der Waals surface area contributed by atoms with Crippen molar-refractivity contribution in [3.63, 3.8) is 0 Å². The van der Waals surface area contributed by atoms with Crippen LogP contribution in [0, 0.1) is 12.7 Å². The van der Waals surface area contributed by atoms with Crippen LogP contribution in [0.25, 0.3) is 11.0 Å². The Balaban J connectivity index is 2.08. The van der Waals surface area contributed by atoms with Crippen molar-refractivity contribution in [3.8, 4) is 0 Å². The molecule has 2 nitrogen and oxygen atoms in total. The van der Waals surface area contributed by atoms with Crippen LogP contribution in [0.2, 0.25) is 5.02 Å². The highest BCUT2D eigenvalue weighted by molar-refractivity contribution is 6.34. The first kappa shape index (κ1) is 13.2. The van der Waals surface area contributed by atoms with Crippen LogP contribution in [-0.4, -0.2) is 5.11 Å². The van der Waals surface area contributed by atoms with E-state index in [9.17, 15) is 9.50 Å². The van der Waals surface area contributed by atoms with Crippen LogP contribution in [0.4, 0.5) is 4.39 Å². The molecule has 1 heterocycles. The van der Waals surface area contributed by atoms with Gasteiger partial charge in [-0.3, -0.25) is 0 Å². The molecule has 1 unspecified atom stereocenters.